The van der Waals surface area contributed by atoms with Crippen molar-refractivity contribution in [3.63, 3.8) is 0 Å². The van der Waals surface area contributed by atoms with Crippen molar-refractivity contribution < 1.29 is 0 Å². The number of pyridine rings is 2. The molecule has 9 heteroatoms. The number of nitrogens with one attached hydrogen (secondary N) is 1. The smallest absolute Gasteiger partial charge is 0.192 e. The van der Waals surface area contributed by atoms with E-state index in [0.29, 0.717) is 4.88 Å². The highest BCUT2D eigenvalue weighted by atomic mass is 32.1. The van der Waals surface area contributed by atoms with Crippen LogP contribution in [-0.2, 0) is 6.42 Å². The molecule has 7 rings (SSSR count). The molecule has 1 N–H and O–H groups in total. The van der Waals surface area contributed by atoms with Gasteiger partial charge in [0.1, 0.15) is 33.9 Å². The number of hydrogen-bond donors (Lipinski definition) is 1. The minimum Gasteiger partial charge on any atom is -0.357 e. The molecule has 230 valence electrons. The molecule has 45 heavy (non-hydrogen) atoms. The van der Waals surface area contributed by atoms with Crippen molar-refractivity contribution in [2.24, 2.45) is 11.8 Å². The quantitative estimate of drug-likeness (QED) is 0.195. The number of imidazole rings is 1. The lowest BCUT2D eigenvalue weighted by Crippen LogP contribution is -2.36. The summed E-state index contributed by atoms with van der Waals surface area (Å²) in [7, 11) is 2.01. The molecule has 0 radical (unpaired) electrons. The maximum absolute atomic E-state index is 9.89. The predicted octanol–water partition coefficient (Wildman–Crippen LogP) is 7.33. The third-order valence-electron chi connectivity index (χ3n) is 9.51. The highest BCUT2D eigenvalue weighted by molar-refractivity contribution is 7.16. The highest BCUT2D eigenvalue weighted by Crippen LogP contribution is 2.37. The maximum atomic E-state index is 9.89. The molecule has 0 atom stereocenters. The first-order valence-electron chi connectivity index (χ1n) is 16.2. The second kappa shape index (κ2) is 13.0. The van der Waals surface area contributed by atoms with Crippen molar-refractivity contribution in [3.8, 4) is 28.5 Å². The fourth-order valence-corrected chi connectivity index (χ4v) is 7.83. The van der Waals surface area contributed by atoms with Gasteiger partial charge >= 0.3 is 0 Å². The Balaban J connectivity index is 1.11. The number of benzene rings is 1. The Bertz CT molecular complexity index is 1790. The van der Waals surface area contributed by atoms with Gasteiger partial charge in [-0.05, 0) is 87.7 Å². The van der Waals surface area contributed by atoms with E-state index in [-0.39, 0.29) is 0 Å². The van der Waals surface area contributed by atoms with Gasteiger partial charge in [0.15, 0.2) is 5.13 Å². The van der Waals surface area contributed by atoms with E-state index < -0.39 is 0 Å². The topological polar surface area (TPSA) is 85.4 Å². The molecule has 6 heterocycles. The summed E-state index contributed by atoms with van der Waals surface area (Å²) in [5.74, 6) is 3.80. The van der Waals surface area contributed by atoms with E-state index in [1.54, 1.807) is 0 Å². The van der Waals surface area contributed by atoms with Crippen LogP contribution < -0.4 is 15.1 Å². The molecule has 0 aliphatic carbocycles. The summed E-state index contributed by atoms with van der Waals surface area (Å²) >= 11 is 1.41. The first kappa shape index (κ1) is 29.5. The zero-order chi connectivity index (χ0) is 30.8. The van der Waals surface area contributed by atoms with E-state index in [2.05, 4.69) is 63.0 Å². The standard InChI is InChI=1S/C36H40N8S/c1-3-30-35(42(2)36-41-34(31(22-37)45-36)27-7-5-4-6-8-27)44-24-29(10-12-33(44)40-30)28-9-11-32(39-23-28)43-19-15-26(16-20-43)21-25-13-17-38-18-14-25/h4-12,23-26,38H,3,13-21H2,1-2H3. The summed E-state index contributed by atoms with van der Waals surface area (Å²) in [5, 5.41) is 14.1. The average molecular weight is 617 g/mol. The molecule has 2 fully saturated rings. The summed E-state index contributed by atoms with van der Waals surface area (Å²) in [6, 6.07) is 20.8. The Labute approximate surface area is 269 Å². The number of rotatable bonds is 8. The van der Waals surface area contributed by atoms with Crippen LogP contribution in [0.3, 0.4) is 0 Å². The van der Waals surface area contributed by atoms with Gasteiger partial charge in [-0.15, -0.1) is 0 Å². The van der Waals surface area contributed by atoms with Crippen LogP contribution in [0.4, 0.5) is 16.8 Å². The summed E-state index contributed by atoms with van der Waals surface area (Å²) < 4.78 is 2.14. The van der Waals surface area contributed by atoms with E-state index in [9.17, 15) is 5.26 Å². The van der Waals surface area contributed by atoms with Gasteiger partial charge in [-0.2, -0.15) is 5.26 Å². The first-order chi connectivity index (χ1) is 22.1. The van der Waals surface area contributed by atoms with Crippen LogP contribution in [0.15, 0.2) is 67.0 Å². The normalized spacial score (nSPS) is 16.2. The fourth-order valence-electron chi connectivity index (χ4n) is 6.98. The zero-order valence-electron chi connectivity index (χ0n) is 26.1. The van der Waals surface area contributed by atoms with Crippen molar-refractivity contribution in [2.45, 2.75) is 45.4 Å². The Morgan fingerprint density at radius 1 is 0.933 bits per heavy atom. The van der Waals surface area contributed by atoms with Crippen molar-refractivity contribution in [3.05, 3.63) is 77.6 Å². The van der Waals surface area contributed by atoms with Crippen LogP contribution >= 0.6 is 11.3 Å². The summed E-state index contributed by atoms with van der Waals surface area (Å²) in [6.07, 6.45) is 11.5. The molecule has 2 aliphatic rings. The van der Waals surface area contributed by atoms with Crippen molar-refractivity contribution in [2.75, 3.05) is 43.0 Å². The molecular weight excluding hydrogens is 577 g/mol. The number of hydrogen-bond acceptors (Lipinski definition) is 8. The van der Waals surface area contributed by atoms with E-state index in [0.717, 1.165) is 81.8 Å². The number of aromatic nitrogens is 4. The largest absolute Gasteiger partial charge is 0.357 e. The van der Waals surface area contributed by atoms with Crippen LogP contribution in [0.25, 0.3) is 28.0 Å². The van der Waals surface area contributed by atoms with Crippen LogP contribution in [0.2, 0.25) is 0 Å². The lowest BCUT2D eigenvalue weighted by molar-refractivity contribution is 0.268. The number of anilines is 3. The predicted molar refractivity (Wildman–Crippen MR) is 183 cm³/mol. The minimum absolute atomic E-state index is 0.604. The Morgan fingerprint density at radius 2 is 1.69 bits per heavy atom. The molecule has 0 unspecified atom stereocenters. The van der Waals surface area contributed by atoms with E-state index in [1.165, 1.54) is 56.5 Å². The monoisotopic (exact) mass is 616 g/mol. The molecule has 0 saturated carbocycles. The maximum Gasteiger partial charge on any atom is 0.192 e. The van der Waals surface area contributed by atoms with Gasteiger partial charge in [-0.25, -0.2) is 15.0 Å². The summed E-state index contributed by atoms with van der Waals surface area (Å²) in [5.41, 5.74) is 5.69. The van der Waals surface area contributed by atoms with Gasteiger partial charge in [0.25, 0.3) is 0 Å². The Hall–Kier alpha value is -4.26. The minimum atomic E-state index is 0.604. The van der Waals surface area contributed by atoms with Gasteiger partial charge in [0.05, 0.1) is 5.69 Å². The van der Waals surface area contributed by atoms with Gasteiger partial charge in [0.2, 0.25) is 0 Å². The number of aryl methyl sites for hydroxylation is 1. The fraction of sp³-hybridized carbons (Fsp3) is 0.389. The first-order valence-corrected chi connectivity index (χ1v) is 17.1. The second-order valence-electron chi connectivity index (χ2n) is 12.4. The van der Waals surface area contributed by atoms with Crippen LogP contribution in [-0.4, -0.2) is 52.6 Å². The number of fused-ring (bicyclic) bond motifs is 1. The molecular formula is C36H40N8S. The van der Waals surface area contributed by atoms with E-state index >= 15 is 0 Å². The molecule has 2 saturated heterocycles. The lowest BCUT2D eigenvalue weighted by Gasteiger charge is -2.35. The number of piperidine rings is 2. The average Bonchev–Trinajstić information content (AvgIpc) is 3.71. The van der Waals surface area contributed by atoms with Gasteiger partial charge in [-0.3, -0.25) is 4.40 Å². The third-order valence-corrected chi connectivity index (χ3v) is 10.5. The molecule has 2 aliphatic heterocycles. The Morgan fingerprint density at radius 3 is 2.40 bits per heavy atom. The molecule has 5 aromatic rings. The molecule has 0 bridgehead atoms. The summed E-state index contributed by atoms with van der Waals surface area (Å²) in [6.45, 7) is 6.69. The molecule has 4 aromatic heterocycles. The van der Waals surface area contributed by atoms with Gasteiger partial charge < -0.3 is 15.1 Å². The Kier molecular flexibility index (Phi) is 8.51. The van der Waals surface area contributed by atoms with E-state index in [1.807, 2.05) is 43.6 Å². The van der Waals surface area contributed by atoms with Gasteiger partial charge in [-0.1, -0.05) is 48.6 Å². The molecule has 0 spiro atoms. The molecule has 8 nitrogen and oxygen atoms in total. The second-order valence-corrected chi connectivity index (χ2v) is 13.3. The van der Waals surface area contributed by atoms with Crippen LogP contribution in [0.1, 0.15) is 49.6 Å². The third kappa shape index (κ3) is 6.05. The number of nitriles is 1. The van der Waals surface area contributed by atoms with Crippen LogP contribution in [0.5, 0.6) is 0 Å². The lowest BCUT2D eigenvalue weighted by atomic mass is 9.83. The SMILES string of the molecule is CCc1nc2ccc(-c3ccc(N4CCC(CC5CCNCC5)CC4)nc3)cn2c1N(C)c1nc(-c2ccccc2)c(C#N)s1. The summed E-state index contributed by atoms with van der Waals surface area (Å²) in [4.78, 5) is 19.9. The van der Waals surface area contributed by atoms with Gasteiger partial charge in [0, 0.05) is 49.2 Å². The van der Waals surface area contributed by atoms with E-state index in [4.69, 9.17) is 15.0 Å². The number of thiazole rings is 1. The zero-order valence-corrected chi connectivity index (χ0v) is 26.9. The van der Waals surface area contributed by atoms with Crippen molar-refractivity contribution >= 4 is 33.8 Å². The molecule has 0 amide bonds. The van der Waals surface area contributed by atoms with Crippen molar-refractivity contribution in [1.29, 1.82) is 5.26 Å². The highest BCUT2D eigenvalue weighted by Gasteiger charge is 2.25. The number of nitrogens with zero attached hydrogens (tertiary/aromatic N) is 7. The molecule has 1 aromatic carbocycles. The van der Waals surface area contributed by atoms with Crippen LogP contribution in [0, 0.1) is 23.2 Å². The van der Waals surface area contributed by atoms with Crippen molar-refractivity contribution in [1.82, 2.24) is 24.7 Å².